The van der Waals surface area contributed by atoms with Crippen molar-refractivity contribution in [2.45, 2.75) is 30.8 Å². The minimum absolute atomic E-state index is 0.235. The van der Waals surface area contributed by atoms with Crippen molar-refractivity contribution in [2.75, 3.05) is 24.3 Å². The van der Waals surface area contributed by atoms with Crippen LogP contribution >= 0.6 is 11.8 Å². The minimum Gasteiger partial charge on any atom is -0.452 e. The number of nitrogens with one attached hydrogen (secondary N) is 1. The Balaban J connectivity index is 1.53. The van der Waals surface area contributed by atoms with Gasteiger partial charge in [0.15, 0.2) is 6.61 Å². The predicted molar refractivity (Wildman–Crippen MR) is 106 cm³/mol. The van der Waals surface area contributed by atoms with Crippen LogP contribution in [-0.2, 0) is 14.3 Å². The number of thioether (sulfide) groups is 1. The van der Waals surface area contributed by atoms with E-state index in [4.69, 9.17) is 9.47 Å². The number of aryl methyl sites for hydroxylation is 1. The zero-order chi connectivity index (χ0) is 19.1. The summed E-state index contributed by atoms with van der Waals surface area (Å²) in [5.74, 6) is -0.0544. The van der Waals surface area contributed by atoms with Gasteiger partial charge in [-0.25, -0.2) is 4.79 Å². The Morgan fingerprint density at radius 3 is 2.85 bits per heavy atom. The second-order valence-corrected chi connectivity index (χ2v) is 7.50. The maximum atomic E-state index is 12.4. The first kappa shape index (κ1) is 19.5. The Hall–Kier alpha value is -2.31. The molecule has 27 heavy (non-hydrogen) atoms. The molecule has 3 rings (SSSR count). The monoisotopic (exact) mass is 385 g/mol. The highest BCUT2D eigenvalue weighted by atomic mass is 32.2. The molecule has 0 aliphatic carbocycles. The van der Waals surface area contributed by atoms with E-state index in [1.165, 1.54) is 0 Å². The summed E-state index contributed by atoms with van der Waals surface area (Å²) in [6.07, 6.45) is 2.38. The summed E-state index contributed by atoms with van der Waals surface area (Å²) in [4.78, 5) is 25.3. The Morgan fingerprint density at radius 2 is 2.07 bits per heavy atom. The van der Waals surface area contributed by atoms with Gasteiger partial charge in [-0.3, -0.25) is 4.79 Å². The average molecular weight is 385 g/mol. The SMILES string of the molecule is Cc1cccc(NC(=O)COC(=O)c2ccccc2SC[C@@H]2CCCO2)c1. The second-order valence-electron chi connectivity index (χ2n) is 6.44. The molecule has 5 nitrogen and oxygen atoms in total. The fourth-order valence-corrected chi connectivity index (χ4v) is 3.96. The highest BCUT2D eigenvalue weighted by Gasteiger charge is 2.19. The molecule has 0 spiro atoms. The fourth-order valence-electron chi connectivity index (χ4n) is 2.85. The molecule has 1 atom stereocenters. The van der Waals surface area contributed by atoms with E-state index in [9.17, 15) is 9.59 Å². The van der Waals surface area contributed by atoms with Gasteiger partial charge in [-0.05, 0) is 49.6 Å². The molecule has 6 heteroatoms. The van der Waals surface area contributed by atoms with Crippen LogP contribution in [0, 0.1) is 6.92 Å². The molecule has 0 saturated carbocycles. The van der Waals surface area contributed by atoms with Crippen molar-refractivity contribution >= 4 is 29.3 Å². The Kier molecular flexibility index (Phi) is 6.90. The Bertz CT molecular complexity index is 802. The summed E-state index contributed by atoms with van der Waals surface area (Å²) in [6.45, 7) is 2.43. The van der Waals surface area contributed by atoms with Gasteiger partial charge in [0.2, 0.25) is 0 Å². The molecular formula is C21H23NO4S. The molecule has 0 radical (unpaired) electrons. The second kappa shape index (κ2) is 9.58. The van der Waals surface area contributed by atoms with Gasteiger partial charge in [-0.15, -0.1) is 11.8 Å². The number of benzene rings is 2. The number of hydrogen-bond acceptors (Lipinski definition) is 5. The third-order valence-corrected chi connectivity index (χ3v) is 5.40. The summed E-state index contributed by atoms with van der Waals surface area (Å²) in [5.41, 5.74) is 2.20. The molecule has 0 unspecified atom stereocenters. The minimum atomic E-state index is -0.496. The van der Waals surface area contributed by atoms with Crippen LogP contribution in [0.2, 0.25) is 0 Å². The van der Waals surface area contributed by atoms with Crippen molar-refractivity contribution in [3.8, 4) is 0 Å². The molecule has 0 bridgehead atoms. The summed E-state index contributed by atoms with van der Waals surface area (Å²) < 4.78 is 10.8. The van der Waals surface area contributed by atoms with E-state index in [1.807, 2.05) is 37.3 Å². The van der Waals surface area contributed by atoms with E-state index in [1.54, 1.807) is 30.0 Å². The molecule has 2 aromatic carbocycles. The number of anilines is 1. The topological polar surface area (TPSA) is 64.6 Å². The normalized spacial score (nSPS) is 16.1. The first-order valence-electron chi connectivity index (χ1n) is 8.99. The number of ether oxygens (including phenoxy) is 2. The fraction of sp³-hybridized carbons (Fsp3) is 0.333. The molecule has 1 N–H and O–H groups in total. The highest BCUT2D eigenvalue weighted by molar-refractivity contribution is 7.99. The van der Waals surface area contributed by atoms with Gasteiger partial charge < -0.3 is 14.8 Å². The molecular weight excluding hydrogens is 362 g/mol. The molecule has 1 heterocycles. The van der Waals surface area contributed by atoms with Crippen LogP contribution in [0.25, 0.3) is 0 Å². The van der Waals surface area contributed by atoms with E-state index >= 15 is 0 Å². The van der Waals surface area contributed by atoms with Crippen molar-refractivity contribution in [1.82, 2.24) is 0 Å². The predicted octanol–water partition coefficient (Wildman–Crippen LogP) is 4.06. The molecule has 142 valence electrons. The van der Waals surface area contributed by atoms with E-state index in [2.05, 4.69) is 5.32 Å². The van der Waals surface area contributed by atoms with Crippen LogP contribution in [-0.4, -0.2) is 36.9 Å². The van der Waals surface area contributed by atoms with Crippen molar-refractivity contribution in [2.24, 2.45) is 0 Å². The maximum absolute atomic E-state index is 12.4. The lowest BCUT2D eigenvalue weighted by Gasteiger charge is -2.12. The van der Waals surface area contributed by atoms with E-state index in [0.29, 0.717) is 11.3 Å². The number of carbonyl (C=O) groups excluding carboxylic acids is 2. The smallest absolute Gasteiger partial charge is 0.339 e. The number of hydrogen-bond donors (Lipinski definition) is 1. The summed E-state index contributed by atoms with van der Waals surface area (Å²) in [6, 6.07) is 14.8. The molecule has 2 aromatic rings. The Morgan fingerprint density at radius 1 is 1.22 bits per heavy atom. The van der Waals surface area contributed by atoms with Crippen LogP contribution in [0.15, 0.2) is 53.4 Å². The average Bonchev–Trinajstić information content (AvgIpc) is 3.18. The molecule has 1 fully saturated rings. The molecule has 1 saturated heterocycles. The van der Waals surface area contributed by atoms with Gasteiger partial charge in [-0.1, -0.05) is 24.3 Å². The number of esters is 1. The molecule has 1 aliphatic heterocycles. The zero-order valence-corrected chi connectivity index (χ0v) is 16.1. The van der Waals surface area contributed by atoms with Crippen LogP contribution in [0.1, 0.15) is 28.8 Å². The lowest BCUT2D eigenvalue weighted by atomic mass is 10.2. The van der Waals surface area contributed by atoms with E-state index < -0.39 is 5.97 Å². The molecule has 1 aliphatic rings. The molecule has 1 amide bonds. The number of rotatable bonds is 7. The van der Waals surface area contributed by atoms with Crippen molar-refractivity contribution in [3.05, 3.63) is 59.7 Å². The van der Waals surface area contributed by atoms with Gasteiger partial charge in [-0.2, -0.15) is 0 Å². The van der Waals surface area contributed by atoms with E-state index in [0.717, 1.165) is 35.7 Å². The van der Waals surface area contributed by atoms with E-state index in [-0.39, 0.29) is 18.6 Å². The number of amides is 1. The quantitative estimate of drug-likeness (QED) is 0.575. The zero-order valence-electron chi connectivity index (χ0n) is 15.3. The van der Waals surface area contributed by atoms with Crippen LogP contribution in [0.3, 0.4) is 0 Å². The first-order chi connectivity index (χ1) is 13.1. The van der Waals surface area contributed by atoms with Gasteiger partial charge in [0.25, 0.3) is 5.91 Å². The van der Waals surface area contributed by atoms with Crippen LogP contribution in [0.5, 0.6) is 0 Å². The van der Waals surface area contributed by atoms with Crippen LogP contribution < -0.4 is 5.32 Å². The largest absolute Gasteiger partial charge is 0.452 e. The maximum Gasteiger partial charge on any atom is 0.339 e. The lowest BCUT2D eigenvalue weighted by Crippen LogP contribution is -2.21. The van der Waals surface area contributed by atoms with Gasteiger partial charge in [0.1, 0.15) is 0 Å². The summed E-state index contributed by atoms with van der Waals surface area (Å²) >= 11 is 1.58. The van der Waals surface area contributed by atoms with Crippen molar-refractivity contribution in [3.63, 3.8) is 0 Å². The highest BCUT2D eigenvalue weighted by Crippen LogP contribution is 2.27. The van der Waals surface area contributed by atoms with Crippen LogP contribution in [0.4, 0.5) is 5.69 Å². The van der Waals surface area contributed by atoms with Gasteiger partial charge in [0, 0.05) is 22.9 Å². The Labute approximate surface area is 163 Å². The molecule has 0 aromatic heterocycles. The summed E-state index contributed by atoms with van der Waals surface area (Å²) in [7, 11) is 0. The standard InChI is InChI=1S/C21H23NO4S/c1-15-6-4-7-16(12-15)22-20(23)13-26-21(24)18-9-2-3-10-19(18)27-14-17-8-5-11-25-17/h2-4,6-7,9-10,12,17H,5,8,11,13-14H2,1H3,(H,22,23)/t17-/m0/s1. The number of carbonyl (C=O) groups is 2. The third-order valence-electron chi connectivity index (χ3n) is 4.19. The third kappa shape index (κ3) is 5.84. The van der Waals surface area contributed by atoms with Crippen molar-refractivity contribution in [1.29, 1.82) is 0 Å². The van der Waals surface area contributed by atoms with Gasteiger partial charge >= 0.3 is 5.97 Å². The summed E-state index contributed by atoms with van der Waals surface area (Å²) in [5, 5.41) is 2.73. The first-order valence-corrected chi connectivity index (χ1v) is 9.97. The van der Waals surface area contributed by atoms with Gasteiger partial charge in [0.05, 0.1) is 11.7 Å². The lowest BCUT2D eigenvalue weighted by molar-refractivity contribution is -0.119. The van der Waals surface area contributed by atoms with Crippen molar-refractivity contribution < 1.29 is 19.1 Å².